The summed E-state index contributed by atoms with van der Waals surface area (Å²) in [5.41, 5.74) is 2.29. The first-order valence-corrected chi connectivity index (χ1v) is 3.95. The van der Waals surface area contributed by atoms with E-state index in [1.807, 2.05) is 0 Å². The Labute approximate surface area is 71.2 Å². The van der Waals surface area contributed by atoms with Crippen LogP contribution in [0, 0.1) is 0 Å². The molecule has 0 saturated heterocycles. The minimum Gasteiger partial charge on any atom is -0.271 e. The van der Waals surface area contributed by atoms with Crippen LogP contribution in [0.1, 0.15) is 9.75 Å². The predicted octanol–water partition coefficient (Wildman–Crippen LogP) is 1.73. The standard InChI is InChI=1S/C6H7F3N2S/c7-6(8,9)5-2-1-4(12-5)3-11-10/h1-2,11H,3,10H2. The van der Waals surface area contributed by atoms with Crippen LogP contribution in [0.3, 0.4) is 0 Å². The summed E-state index contributed by atoms with van der Waals surface area (Å²) in [5.74, 6) is 4.95. The summed E-state index contributed by atoms with van der Waals surface area (Å²) in [7, 11) is 0. The summed E-state index contributed by atoms with van der Waals surface area (Å²) in [5, 5.41) is 0. The summed E-state index contributed by atoms with van der Waals surface area (Å²) < 4.78 is 36.0. The fourth-order valence-corrected chi connectivity index (χ4v) is 1.55. The van der Waals surface area contributed by atoms with E-state index < -0.39 is 11.1 Å². The zero-order valence-electron chi connectivity index (χ0n) is 5.98. The first-order valence-electron chi connectivity index (χ1n) is 3.13. The number of thiophene rings is 1. The molecule has 0 unspecified atom stereocenters. The molecule has 0 aliphatic rings. The molecule has 0 saturated carbocycles. The second-order valence-corrected chi connectivity index (χ2v) is 3.31. The molecule has 0 atom stereocenters. The van der Waals surface area contributed by atoms with Crippen molar-refractivity contribution in [1.82, 2.24) is 5.43 Å². The van der Waals surface area contributed by atoms with Crippen molar-refractivity contribution in [3.63, 3.8) is 0 Å². The predicted molar refractivity (Wildman–Crippen MR) is 40.3 cm³/mol. The molecule has 0 aliphatic carbocycles. The van der Waals surface area contributed by atoms with Crippen LogP contribution in [0.4, 0.5) is 13.2 Å². The second-order valence-electron chi connectivity index (χ2n) is 2.14. The molecule has 0 bridgehead atoms. The largest absolute Gasteiger partial charge is 0.425 e. The Morgan fingerprint density at radius 2 is 2.08 bits per heavy atom. The van der Waals surface area contributed by atoms with Crippen molar-refractivity contribution in [2.45, 2.75) is 12.7 Å². The highest BCUT2D eigenvalue weighted by atomic mass is 32.1. The maximum atomic E-state index is 12.0. The van der Waals surface area contributed by atoms with Crippen molar-refractivity contribution >= 4 is 11.3 Å². The molecule has 0 amide bonds. The zero-order valence-corrected chi connectivity index (χ0v) is 6.80. The van der Waals surface area contributed by atoms with E-state index >= 15 is 0 Å². The van der Waals surface area contributed by atoms with E-state index in [4.69, 9.17) is 5.84 Å². The molecule has 0 aromatic carbocycles. The Morgan fingerprint density at radius 1 is 1.42 bits per heavy atom. The molecule has 2 nitrogen and oxygen atoms in total. The van der Waals surface area contributed by atoms with Gasteiger partial charge in [0, 0.05) is 11.4 Å². The normalized spacial score (nSPS) is 12.0. The van der Waals surface area contributed by atoms with E-state index in [0.29, 0.717) is 16.2 Å². The molecule has 1 aromatic rings. The van der Waals surface area contributed by atoms with Gasteiger partial charge in [-0.1, -0.05) is 0 Å². The molecule has 12 heavy (non-hydrogen) atoms. The third-order valence-electron chi connectivity index (χ3n) is 1.22. The van der Waals surface area contributed by atoms with Crippen LogP contribution >= 0.6 is 11.3 Å². The van der Waals surface area contributed by atoms with Gasteiger partial charge < -0.3 is 0 Å². The average molecular weight is 196 g/mol. The molecule has 0 spiro atoms. The Kier molecular flexibility index (Phi) is 2.71. The summed E-state index contributed by atoms with van der Waals surface area (Å²) >= 11 is 0.697. The van der Waals surface area contributed by atoms with Gasteiger partial charge >= 0.3 is 6.18 Å². The smallest absolute Gasteiger partial charge is 0.271 e. The first-order chi connectivity index (χ1) is 5.54. The van der Waals surface area contributed by atoms with Crippen LogP contribution < -0.4 is 11.3 Å². The lowest BCUT2D eigenvalue weighted by Gasteiger charge is -2.00. The number of nitrogens with one attached hydrogen (secondary N) is 1. The van der Waals surface area contributed by atoms with Crippen LogP contribution in [0.25, 0.3) is 0 Å². The van der Waals surface area contributed by atoms with Crippen molar-refractivity contribution in [2.75, 3.05) is 0 Å². The molecule has 0 aliphatic heterocycles. The van der Waals surface area contributed by atoms with E-state index in [1.54, 1.807) is 0 Å². The Hall–Kier alpha value is -0.590. The van der Waals surface area contributed by atoms with E-state index in [1.165, 1.54) is 6.07 Å². The molecular formula is C6H7F3N2S. The highest BCUT2D eigenvalue weighted by molar-refractivity contribution is 7.12. The summed E-state index contributed by atoms with van der Waals surface area (Å²) in [6, 6.07) is 2.46. The van der Waals surface area contributed by atoms with Crippen LogP contribution in [0.5, 0.6) is 0 Å². The molecule has 0 fully saturated rings. The van der Waals surface area contributed by atoms with E-state index in [2.05, 4.69) is 5.43 Å². The van der Waals surface area contributed by atoms with Gasteiger partial charge in [0.25, 0.3) is 0 Å². The number of nitrogens with two attached hydrogens (primary N) is 1. The van der Waals surface area contributed by atoms with Crippen molar-refractivity contribution in [3.05, 3.63) is 21.9 Å². The van der Waals surface area contributed by atoms with Crippen molar-refractivity contribution in [1.29, 1.82) is 0 Å². The molecule has 1 heterocycles. The van der Waals surface area contributed by atoms with Crippen LogP contribution in [0.15, 0.2) is 12.1 Å². The van der Waals surface area contributed by atoms with Gasteiger partial charge in [-0.25, -0.2) is 0 Å². The lowest BCUT2D eigenvalue weighted by atomic mass is 10.4. The van der Waals surface area contributed by atoms with Gasteiger partial charge in [0.1, 0.15) is 4.88 Å². The van der Waals surface area contributed by atoms with Gasteiger partial charge in [-0.15, -0.1) is 11.3 Å². The maximum Gasteiger partial charge on any atom is 0.425 e. The van der Waals surface area contributed by atoms with Gasteiger partial charge in [-0.2, -0.15) is 13.2 Å². The third kappa shape index (κ3) is 2.20. The van der Waals surface area contributed by atoms with Gasteiger partial charge in [-0.3, -0.25) is 11.3 Å². The fraction of sp³-hybridized carbons (Fsp3) is 0.333. The van der Waals surface area contributed by atoms with Crippen molar-refractivity contribution in [3.8, 4) is 0 Å². The molecule has 68 valence electrons. The monoisotopic (exact) mass is 196 g/mol. The molecule has 1 rings (SSSR count). The number of alkyl halides is 3. The minimum absolute atomic E-state index is 0.265. The molecule has 6 heteroatoms. The van der Waals surface area contributed by atoms with E-state index in [-0.39, 0.29) is 6.54 Å². The average Bonchev–Trinajstić information content (AvgIpc) is 2.35. The summed E-state index contributed by atoms with van der Waals surface area (Å²) in [4.78, 5) is -0.0161. The van der Waals surface area contributed by atoms with E-state index in [9.17, 15) is 13.2 Å². The molecular weight excluding hydrogens is 189 g/mol. The highest BCUT2D eigenvalue weighted by Gasteiger charge is 2.32. The Morgan fingerprint density at radius 3 is 2.50 bits per heavy atom. The highest BCUT2D eigenvalue weighted by Crippen LogP contribution is 2.34. The van der Waals surface area contributed by atoms with Crippen LogP contribution in [0.2, 0.25) is 0 Å². The lowest BCUT2D eigenvalue weighted by molar-refractivity contribution is -0.134. The SMILES string of the molecule is NNCc1ccc(C(F)(F)F)s1. The topological polar surface area (TPSA) is 38.0 Å². The van der Waals surface area contributed by atoms with Crippen LogP contribution in [-0.2, 0) is 12.7 Å². The minimum atomic E-state index is -4.24. The van der Waals surface area contributed by atoms with Gasteiger partial charge in [-0.05, 0) is 12.1 Å². The van der Waals surface area contributed by atoms with Crippen molar-refractivity contribution in [2.24, 2.45) is 5.84 Å². The number of hydrogen-bond acceptors (Lipinski definition) is 3. The number of rotatable bonds is 2. The van der Waals surface area contributed by atoms with Gasteiger partial charge in [0.2, 0.25) is 0 Å². The van der Waals surface area contributed by atoms with Crippen molar-refractivity contribution < 1.29 is 13.2 Å². The quantitative estimate of drug-likeness (QED) is 0.558. The number of hydrazine groups is 1. The third-order valence-corrected chi connectivity index (χ3v) is 2.35. The van der Waals surface area contributed by atoms with Gasteiger partial charge in [0.05, 0.1) is 0 Å². The summed E-state index contributed by atoms with van der Waals surface area (Å²) in [6.45, 7) is 0.265. The fourth-order valence-electron chi connectivity index (χ4n) is 0.726. The molecule has 1 aromatic heterocycles. The Balaban J connectivity index is 2.77. The molecule has 0 radical (unpaired) electrons. The van der Waals surface area contributed by atoms with Gasteiger partial charge in [0.15, 0.2) is 0 Å². The first kappa shape index (κ1) is 9.50. The number of hydrogen-bond donors (Lipinski definition) is 2. The lowest BCUT2D eigenvalue weighted by Crippen LogP contribution is -2.19. The summed E-state index contributed by atoms with van der Waals surface area (Å²) in [6.07, 6.45) is -4.24. The Bertz CT molecular complexity index is 256. The zero-order chi connectivity index (χ0) is 9.19. The van der Waals surface area contributed by atoms with Crippen LogP contribution in [-0.4, -0.2) is 0 Å². The number of halogens is 3. The van der Waals surface area contributed by atoms with E-state index in [0.717, 1.165) is 6.07 Å². The maximum absolute atomic E-state index is 12.0. The molecule has 3 N–H and O–H groups in total. The second kappa shape index (κ2) is 3.42.